The highest BCUT2D eigenvalue weighted by molar-refractivity contribution is 7.17. The number of terminal acetylenes is 1. The maximum atomic E-state index is 13.2. The Labute approximate surface area is 157 Å². The summed E-state index contributed by atoms with van der Waals surface area (Å²) in [7, 11) is 0. The van der Waals surface area contributed by atoms with E-state index >= 15 is 0 Å². The van der Waals surface area contributed by atoms with E-state index in [-0.39, 0.29) is 12.1 Å². The average molecular weight is 362 g/mol. The van der Waals surface area contributed by atoms with Crippen LogP contribution >= 0.6 is 11.3 Å². The fraction of sp³-hybridized carbons (Fsp3) is 0.364. The normalized spacial score (nSPS) is 13.5. The minimum absolute atomic E-state index is 0.00892. The molecule has 0 spiro atoms. The van der Waals surface area contributed by atoms with Crippen molar-refractivity contribution >= 4 is 21.6 Å². The van der Waals surface area contributed by atoms with Crippen LogP contribution in [0.5, 0.6) is 0 Å². The molecular formula is C22H22N2OS. The fourth-order valence-corrected chi connectivity index (χ4v) is 4.81. The summed E-state index contributed by atoms with van der Waals surface area (Å²) in [6, 6.07) is 6.64. The van der Waals surface area contributed by atoms with Crippen LogP contribution in [-0.2, 0) is 25.8 Å². The van der Waals surface area contributed by atoms with Gasteiger partial charge >= 0.3 is 0 Å². The average Bonchev–Trinajstić information content (AvgIpc) is 3.09. The van der Waals surface area contributed by atoms with Gasteiger partial charge in [0, 0.05) is 17.4 Å². The van der Waals surface area contributed by atoms with Crippen LogP contribution in [-0.4, -0.2) is 9.55 Å². The fourth-order valence-electron chi connectivity index (χ4n) is 3.85. The van der Waals surface area contributed by atoms with Gasteiger partial charge in [0.1, 0.15) is 10.7 Å². The van der Waals surface area contributed by atoms with Crippen molar-refractivity contribution in [2.75, 3.05) is 0 Å². The molecular weight excluding hydrogens is 340 g/mol. The molecule has 0 saturated heterocycles. The lowest BCUT2D eigenvalue weighted by Gasteiger charge is -2.16. The maximum Gasteiger partial charge on any atom is 0.263 e. The molecule has 1 aliphatic carbocycles. The predicted octanol–water partition coefficient (Wildman–Crippen LogP) is 4.59. The predicted molar refractivity (Wildman–Crippen MR) is 109 cm³/mol. The standard InChI is InChI=1S/C22H22N2OS/c1-3-7-19-23-21-20(22(25)24(19)12-4-2)18(14-26-21)17-11-10-15-8-5-6-9-16(15)13-17/h2,10-11,13-14H,3,5-9,12H2,1H3. The van der Waals surface area contributed by atoms with Crippen molar-refractivity contribution < 1.29 is 0 Å². The second-order valence-corrected chi connectivity index (χ2v) is 7.75. The number of hydrogen-bond acceptors (Lipinski definition) is 3. The van der Waals surface area contributed by atoms with Gasteiger partial charge in [-0.1, -0.05) is 31.0 Å². The maximum absolute atomic E-state index is 13.2. The minimum Gasteiger partial charge on any atom is -0.284 e. The molecule has 132 valence electrons. The molecule has 0 saturated carbocycles. The van der Waals surface area contributed by atoms with E-state index in [1.807, 2.05) is 0 Å². The summed E-state index contributed by atoms with van der Waals surface area (Å²) in [5.74, 6) is 3.40. The van der Waals surface area contributed by atoms with Crippen LogP contribution in [0.4, 0.5) is 0 Å². The summed E-state index contributed by atoms with van der Waals surface area (Å²) in [6.45, 7) is 2.36. The van der Waals surface area contributed by atoms with Gasteiger partial charge in [-0.15, -0.1) is 17.8 Å². The highest BCUT2D eigenvalue weighted by Crippen LogP contribution is 2.33. The van der Waals surface area contributed by atoms with Crippen molar-refractivity contribution in [2.45, 2.75) is 52.0 Å². The first-order chi connectivity index (χ1) is 12.7. The van der Waals surface area contributed by atoms with Gasteiger partial charge in [0.25, 0.3) is 5.56 Å². The third-order valence-corrected chi connectivity index (χ3v) is 6.03. The van der Waals surface area contributed by atoms with Crippen molar-refractivity contribution in [2.24, 2.45) is 0 Å². The lowest BCUT2D eigenvalue weighted by molar-refractivity contribution is 0.685. The molecule has 26 heavy (non-hydrogen) atoms. The van der Waals surface area contributed by atoms with E-state index in [4.69, 9.17) is 11.4 Å². The lowest BCUT2D eigenvalue weighted by Crippen LogP contribution is -2.24. The molecule has 3 nitrogen and oxygen atoms in total. The minimum atomic E-state index is -0.00892. The molecule has 2 aromatic heterocycles. The summed E-state index contributed by atoms with van der Waals surface area (Å²) >= 11 is 1.55. The SMILES string of the molecule is C#CCn1c(CCC)nc2scc(-c3ccc4c(c3)CCCC4)c2c1=O. The van der Waals surface area contributed by atoms with Gasteiger partial charge in [0.15, 0.2) is 0 Å². The third-order valence-electron chi connectivity index (χ3n) is 5.16. The molecule has 0 atom stereocenters. The van der Waals surface area contributed by atoms with Crippen LogP contribution in [0.3, 0.4) is 0 Å². The number of rotatable bonds is 4. The van der Waals surface area contributed by atoms with Crippen molar-refractivity contribution in [3.05, 3.63) is 50.9 Å². The molecule has 0 amide bonds. The number of nitrogens with zero attached hydrogens (tertiary/aromatic N) is 2. The number of thiophene rings is 1. The van der Waals surface area contributed by atoms with Gasteiger partial charge in [-0.05, 0) is 48.8 Å². The smallest absolute Gasteiger partial charge is 0.263 e. The van der Waals surface area contributed by atoms with Gasteiger partial charge in [0.2, 0.25) is 0 Å². The first kappa shape index (κ1) is 17.1. The van der Waals surface area contributed by atoms with E-state index in [1.165, 1.54) is 24.0 Å². The monoisotopic (exact) mass is 362 g/mol. The molecule has 4 rings (SSSR count). The van der Waals surface area contributed by atoms with Crippen LogP contribution in [0.1, 0.15) is 43.1 Å². The quantitative estimate of drug-likeness (QED) is 0.636. The summed E-state index contributed by atoms with van der Waals surface area (Å²) in [5.41, 5.74) is 4.97. The number of aromatic nitrogens is 2. The summed E-state index contributed by atoms with van der Waals surface area (Å²) in [6.07, 6.45) is 12.0. The van der Waals surface area contributed by atoms with Crippen LogP contribution in [0.25, 0.3) is 21.3 Å². The van der Waals surface area contributed by atoms with Crippen LogP contribution in [0.2, 0.25) is 0 Å². The van der Waals surface area contributed by atoms with Gasteiger partial charge in [-0.3, -0.25) is 9.36 Å². The first-order valence-corrected chi connectivity index (χ1v) is 10.2. The van der Waals surface area contributed by atoms with E-state index < -0.39 is 0 Å². The number of hydrogen-bond donors (Lipinski definition) is 0. The number of benzene rings is 1. The molecule has 3 aromatic rings. The van der Waals surface area contributed by atoms with Gasteiger partial charge < -0.3 is 0 Å². The third kappa shape index (κ3) is 2.87. The Morgan fingerprint density at radius 2 is 2.08 bits per heavy atom. The van der Waals surface area contributed by atoms with Gasteiger partial charge in [-0.2, -0.15) is 0 Å². The van der Waals surface area contributed by atoms with Crippen molar-refractivity contribution in [3.8, 4) is 23.5 Å². The molecule has 0 aliphatic heterocycles. The molecule has 0 N–H and O–H groups in total. The van der Waals surface area contributed by atoms with Gasteiger partial charge in [-0.25, -0.2) is 4.98 Å². The zero-order valence-corrected chi connectivity index (χ0v) is 15.9. The summed E-state index contributed by atoms with van der Waals surface area (Å²) < 4.78 is 1.67. The Morgan fingerprint density at radius 3 is 2.85 bits per heavy atom. The van der Waals surface area contributed by atoms with E-state index in [9.17, 15) is 4.79 Å². The molecule has 0 unspecified atom stereocenters. The number of fused-ring (bicyclic) bond motifs is 2. The molecule has 0 radical (unpaired) electrons. The highest BCUT2D eigenvalue weighted by atomic mass is 32.1. The number of aryl methyl sites for hydroxylation is 3. The Morgan fingerprint density at radius 1 is 1.27 bits per heavy atom. The molecule has 1 aliphatic rings. The largest absolute Gasteiger partial charge is 0.284 e. The molecule has 0 bridgehead atoms. The van der Waals surface area contributed by atoms with Gasteiger partial charge in [0.05, 0.1) is 11.9 Å². The second-order valence-electron chi connectivity index (χ2n) is 6.89. The van der Waals surface area contributed by atoms with Crippen LogP contribution in [0, 0.1) is 12.3 Å². The Hall–Kier alpha value is -2.38. The second kappa shape index (κ2) is 7.09. The van der Waals surface area contributed by atoms with Crippen LogP contribution < -0.4 is 5.56 Å². The zero-order chi connectivity index (χ0) is 18.1. The van der Waals surface area contributed by atoms with E-state index in [1.54, 1.807) is 15.9 Å². The van der Waals surface area contributed by atoms with Crippen molar-refractivity contribution in [3.63, 3.8) is 0 Å². The molecule has 0 fully saturated rings. The molecule has 4 heteroatoms. The van der Waals surface area contributed by atoms with E-state index in [0.29, 0.717) is 5.39 Å². The van der Waals surface area contributed by atoms with Crippen LogP contribution in [0.15, 0.2) is 28.4 Å². The summed E-state index contributed by atoms with van der Waals surface area (Å²) in [5, 5.41) is 2.78. The highest BCUT2D eigenvalue weighted by Gasteiger charge is 2.18. The molecule has 1 aromatic carbocycles. The topological polar surface area (TPSA) is 34.9 Å². The molecule has 2 heterocycles. The Kier molecular flexibility index (Phi) is 4.65. The Balaban J connectivity index is 1.91. The Bertz CT molecular complexity index is 1070. The summed E-state index contributed by atoms with van der Waals surface area (Å²) in [4.78, 5) is 18.8. The van der Waals surface area contributed by atoms with Crippen molar-refractivity contribution in [1.29, 1.82) is 0 Å². The van der Waals surface area contributed by atoms with Crippen molar-refractivity contribution in [1.82, 2.24) is 9.55 Å². The zero-order valence-electron chi connectivity index (χ0n) is 15.0. The van der Waals surface area contributed by atoms with E-state index in [0.717, 1.165) is 47.5 Å². The lowest BCUT2D eigenvalue weighted by atomic mass is 9.89. The van der Waals surface area contributed by atoms with E-state index in [2.05, 4.69) is 36.4 Å². The first-order valence-electron chi connectivity index (χ1n) is 9.29.